The molecule has 0 radical (unpaired) electrons. The number of hydrogen-bond donors (Lipinski definition) is 0. The molecule has 6 heteroatoms. The molecular formula is C65H104O6. The van der Waals surface area contributed by atoms with Crippen LogP contribution in [0.5, 0.6) is 0 Å². The smallest absolute Gasteiger partial charge is 0.306 e. The van der Waals surface area contributed by atoms with Crippen LogP contribution in [0.1, 0.15) is 239 Å². The zero-order valence-corrected chi connectivity index (χ0v) is 45.7. The average molecular weight is 982 g/mol. The standard InChI is InChI=1S/C65H104O6/c1-4-7-10-13-16-19-22-25-28-30-32-34-37-40-43-46-49-52-55-58-64(67)70-61-62(60-69-63(66)57-54-51-48-45-42-39-36-27-24-21-18-15-12-9-6-3)71-65(68)59-56-53-50-47-44-41-38-35-33-31-29-26-23-20-17-14-11-8-5-2/h9,12,16-21,25-29,32-36,40,42-43,45,62H,4-8,10-11,13-15,22-24,30-31,37-39,41,44,46-61H2,1-3H3/b12-9-,19-16-,20-17-,21-18-,28-25-,29-26-,34-32-,35-33-,36-27-,43-40-,45-42-/t62-/m1/s1. The molecule has 0 spiro atoms. The van der Waals surface area contributed by atoms with Crippen molar-refractivity contribution in [1.29, 1.82) is 0 Å². The van der Waals surface area contributed by atoms with E-state index in [1.165, 1.54) is 64.2 Å². The number of rotatable bonds is 50. The van der Waals surface area contributed by atoms with Crippen LogP contribution in [0, 0.1) is 0 Å². The summed E-state index contributed by atoms with van der Waals surface area (Å²) < 4.78 is 16.8. The molecule has 0 aliphatic heterocycles. The molecule has 0 aromatic carbocycles. The molecule has 400 valence electrons. The Balaban J connectivity index is 4.55. The normalized spacial score (nSPS) is 13.1. The highest BCUT2D eigenvalue weighted by Gasteiger charge is 2.19. The van der Waals surface area contributed by atoms with Crippen LogP contribution in [0.25, 0.3) is 0 Å². The maximum absolute atomic E-state index is 12.9. The van der Waals surface area contributed by atoms with E-state index < -0.39 is 6.10 Å². The highest BCUT2D eigenvalue weighted by atomic mass is 16.6. The van der Waals surface area contributed by atoms with Gasteiger partial charge in [0.15, 0.2) is 6.10 Å². The van der Waals surface area contributed by atoms with Gasteiger partial charge in [0.25, 0.3) is 0 Å². The number of carbonyl (C=O) groups is 3. The fourth-order valence-electron chi connectivity index (χ4n) is 7.30. The molecular weight excluding hydrogens is 877 g/mol. The predicted molar refractivity (Wildman–Crippen MR) is 306 cm³/mol. The number of carbonyl (C=O) groups excluding carboxylic acids is 3. The minimum Gasteiger partial charge on any atom is -0.462 e. The van der Waals surface area contributed by atoms with E-state index in [-0.39, 0.29) is 31.1 Å². The van der Waals surface area contributed by atoms with Crippen molar-refractivity contribution in [2.75, 3.05) is 13.2 Å². The zero-order chi connectivity index (χ0) is 51.4. The first-order chi connectivity index (χ1) is 35.0. The molecule has 0 fully saturated rings. The van der Waals surface area contributed by atoms with Gasteiger partial charge in [0.1, 0.15) is 13.2 Å². The Morgan fingerprint density at radius 2 is 0.549 bits per heavy atom. The van der Waals surface area contributed by atoms with Gasteiger partial charge in [-0.25, -0.2) is 0 Å². The molecule has 0 aromatic rings. The van der Waals surface area contributed by atoms with Crippen LogP contribution in [-0.4, -0.2) is 37.2 Å². The van der Waals surface area contributed by atoms with Gasteiger partial charge in [0.05, 0.1) is 0 Å². The summed E-state index contributed by atoms with van der Waals surface area (Å²) in [6, 6.07) is 0. The second-order valence-electron chi connectivity index (χ2n) is 18.5. The second kappa shape index (κ2) is 58.1. The van der Waals surface area contributed by atoms with Gasteiger partial charge in [-0.1, -0.05) is 212 Å². The van der Waals surface area contributed by atoms with Crippen LogP contribution < -0.4 is 0 Å². The fraction of sp³-hybridized carbons (Fsp3) is 0.615. The van der Waals surface area contributed by atoms with Crippen molar-refractivity contribution in [3.8, 4) is 0 Å². The SMILES string of the molecule is CC/C=C\C/C=C\C/C=C\C/C=C\CCCCC(=O)OC[C@H](COC(=O)CCCCC/C=C\C/C=C\C/C=C\C/C=C\CCCCC)OC(=O)CCCCCCCC/C=C\C/C=C\C/C=C\CCCCC. The summed E-state index contributed by atoms with van der Waals surface area (Å²) in [7, 11) is 0. The summed E-state index contributed by atoms with van der Waals surface area (Å²) in [6.45, 7) is 6.38. The van der Waals surface area contributed by atoms with Crippen LogP contribution in [0.2, 0.25) is 0 Å². The van der Waals surface area contributed by atoms with Crippen molar-refractivity contribution < 1.29 is 28.6 Å². The fourth-order valence-corrected chi connectivity index (χ4v) is 7.30. The summed E-state index contributed by atoms with van der Waals surface area (Å²) in [4.78, 5) is 38.2. The number of hydrogen-bond acceptors (Lipinski definition) is 6. The van der Waals surface area contributed by atoms with Gasteiger partial charge in [-0.2, -0.15) is 0 Å². The molecule has 0 heterocycles. The molecule has 0 saturated heterocycles. The lowest BCUT2D eigenvalue weighted by Crippen LogP contribution is -2.30. The van der Waals surface area contributed by atoms with Crippen LogP contribution in [0.4, 0.5) is 0 Å². The zero-order valence-electron chi connectivity index (χ0n) is 45.7. The van der Waals surface area contributed by atoms with E-state index in [1.54, 1.807) is 0 Å². The Kier molecular flexibility index (Phi) is 54.5. The molecule has 0 unspecified atom stereocenters. The maximum Gasteiger partial charge on any atom is 0.306 e. The van der Waals surface area contributed by atoms with Crippen molar-refractivity contribution in [3.63, 3.8) is 0 Å². The molecule has 71 heavy (non-hydrogen) atoms. The van der Waals surface area contributed by atoms with Crippen molar-refractivity contribution in [1.82, 2.24) is 0 Å². The van der Waals surface area contributed by atoms with Crippen LogP contribution in [0.3, 0.4) is 0 Å². The first-order valence-corrected chi connectivity index (χ1v) is 28.7. The van der Waals surface area contributed by atoms with E-state index in [1.807, 2.05) is 0 Å². The van der Waals surface area contributed by atoms with Crippen molar-refractivity contribution in [3.05, 3.63) is 134 Å². The third-order valence-electron chi connectivity index (χ3n) is 11.6. The molecule has 6 nitrogen and oxygen atoms in total. The van der Waals surface area contributed by atoms with Gasteiger partial charge in [-0.3, -0.25) is 14.4 Å². The topological polar surface area (TPSA) is 78.9 Å². The third-order valence-corrected chi connectivity index (χ3v) is 11.6. The Morgan fingerprint density at radius 3 is 0.901 bits per heavy atom. The average Bonchev–Trinajstić information content (AvgIpc) is 3.37. The van der Waals surface area contributed by atoms with Crippen molar-refractivity contribution >= 4 is 17.9 Å². The molecule has 0 aliphatic carbocycles. The molecule has 0 bridgehead atoms. The lowest BCUT2D eigenvalue weighted by atomic mass is 10.1. The number of allylic oxidation sites excluding steroid dienone is 22. The van der Waals surface area contributed by atoms with Crippen LogP contribution >= 0.6 is 0 Å². The highest BCUT2D eigenvalue weighted by Crippen LogP contribution is 2.13. The van der Waals surface area contributed by atoms with Gasteiger partial charge >= 0.3 is 17.9 Å². The molecule has 0 amide bonds. The molecule has 0 rings (SSSR count). The highest BCUT2D eigenvalue weighted by molar-refractivity contribution is 5.71. The monoisotopic (exact) mass is 981 g/mol. The summed E-state index contributed by atoms with van der Waals surface area (Å²) in [5.74, 6) is -1.01. The van der Waals surface area contributed by atoms with E-state index >= 15 is 0 Å². The summed E-state index contributed by atoms with van der Waals surface area (Å²) in [6.07, 6.45) is 81.5. The van der Waals surface area contributed by atoms with Gasteiger partial charge in [-0.15, -0.1) is 0 Å². The van der Waals surface area contributed by atoms with E-state index in [0.29, 0.717) is 25.7 Å². The van der Waals surface area contributed by atoms with Crippen LogP contribution in [0.15, 0.2) is 134 Å². The number of unbranched alkanes of at least 4 members (excludes halogenated alkanes) is 17. The summed E-state index contributed by atoms with van der Waals surface area (Å²) in [5.41, 5.74) is 0. The van der Waals surface area contributed by atoms with Gasteiger partial charge in [0.2, 0.25) is 0 Å². The molecule has 1 atom stereocenters. The Labute approximate surface area is 436 Å². The first-order valence-electron chi connectivity index (χ1n) is 28.7. The predicted octanol–water partition coefficient (Wildman–Crippen LogP) is 19.4. The van der Waals surface area contributed by atoms with Crippen LogP contribution in [-0.2, 0) is 28.6 Å². The quantitative estimate of drug-likeness (QED) is 0.0262. The van der Waals surface area contributed by atoms with E-state index in [9.17, 15) is 14.4 Å². The lowest BCUT2D eigenvalue weighted by molar-refractivity contribution is -0.167. The number of esters is 3. The lowest BCUT2D eigenvalue weighted by Gasteiger charge is -2.18. The summed E-state index contributed by atoms with van der Waals surface area (Å²) in [5, 5.41) is 0. The molecule has 0 aliphatic rings. The Morgan fingerprint density at radius 1 is 0.296 bits per heavy atom. The van der Waals surface area contributed by atoms with E-state index in [4.69, 9.17) is 14.2 Å². The number of ether oxygens (including phenoxy) is 3. The summed E-state index contributed by atoms with van der Waals surface area (Å²) >= 11 is 0. The second-order valence-corrected chi connectivity index (χ2v) is 18.5. The Hall–Kier alpha value is -4.45. The van der Waals surface area contributed by atoms with Gasteiger partial charge in [0, 0.05) is 19.3 Å². The Bertz CT molecular complexity index is 1550. The van der Waals surface area contributed by atoms with Gasteiger partial charge in [-0.05, 0) is 141 Å². The minimum atomic E-state index is -0.821. The first kappa shape index (κ1) is 66.6. The van der Waals surface area contributed by atoms with Crippen molar-refractivity contribution in [2.24, 2.45) is 0 Å². The largest absolute Gasteiger partial charge is 0.462 e. The van der Waals surface area contributed by atoms with E-state index in [2.05, 4.69) is 154 Å². The molecule has 0 N–H and O–H groups in total. The van der Waals surface area contributed by atoms with Gasteiger partial charge < -0.3 is 14.2 Å². The minimum absolute atomic E-state index is 0.118. The van der Waals surface area contributed by atoms with Crippen molar-refractivity contribution in [2.45, 2.75) is 245 Å². The maximum atomic E-state index is 12.9. The van der Waals surface area contributed by atoms with E-state index in [0.717, 1.165) is 128 Å². The third kappa shape index (κ3) is 56.3. The molecule has 0 saturated carbocycles. The molecule has 0 aromatic heterocycles.